The second kappa shape index (κ2) is 11.3. The predicted octanol–water partition coefficient (Wildman–Crippen LogP) is 3.01. The maximum atomic E-state index is 14.0. The van der Waals surface area contributed by atoms with Gasteiger partial charge in [0.05, 0.1) is 12.1 Å². The van der Waals surface area contributed by atoms with Crippen molar-refractivity contribution in [3.63, 3.8) is 0 Å². The lowest BCUT2D eigenvalue weighted by atomic mass is 10.2. The van der Waals surface area contributed by atoms with Crippen LogP contribution in [0.25, 0.3) is 0 Å². The molecule has 0 saturated heterocycles. The maximum absolute atomic E-state index is 14.0. The fourth-order valence-electron chi connectivity index (χ4n) is 2.06. The van der Waals surface area contributed by atoms with Crippen LogP contribution in [0.15, 0.2) is 23.2 Å². The molecule has 0 radical (unpaired) electrons. The first-order chi connectivity index (χ1) is 13.1. The number of ether oxygens (including phenoxy) is 2. The monoisotopic (exact) mass is 404 g/mol. The molecule has 1 amide bonds. The van der Waals surface area contributed by atoms with Crippen LogP contribution in [0, 0.1) is 5.82 Å². The number of carbonyl (C=O) groups excluding carboxylic acids is 1. The van der Waals surface area contributed by atoms with Crippen molar-refractivity contribution in [3.8, 4) is 5.75 Å². The van der Waals surface area contributed by atoms with Crippen molar-refractivity contribution in [2.45, 2.75) is 46.5 Å². The van der Waals surface area contributed by atoms with Crippen molar-refractivity contribution >= 4 is 12.1 Å². The number of amides is 1. The number of hydrogen-bond donors (Lipinski definition) is 3. The van der Waals surface area contributed by atoms with Crippen LogP contribution in [-0.4, -0.2) is 43.9 Å². The minimum atomic E-state index is -3.06. The summed E-state index contributed by atoms with van der Waals surface area (Å²) >= 11 is 0. The normalized spacial score (nSPS) is 11.9. The fraction of sp³-hybridized carbons (Fsp3) is 0.556. The van der Waals surface area contributed by atoms with Gasteiger partial charge in [-0.15, -0.1) is 0 Å². The van der Waals surface area contributed by atoms with E-state index in [1.54, 1.807) is 20.8 Å². The largest absolute Gasteiger partial charge is 0.444 e. The van der Waals surface area contributed by atoms with E-state index in [2.05, 4.69) is 25.7 Å². The second-order valence-corrected chi connectivity index (χ2v) is 6.65. The number of alkyl halides is 2. The lowest BCUT2D eigenvalue weighted by Gasteiger charge is -2.20. The number of alkyl carbamates (subject to hydrolysis) is 1. The van der Waals surface area contributed by atoms with E-state index in [1.165, 1.54) is 12.1 Å². The van der Waals surface area contributed by atoms with Crippen molar-refractivity contribution in [2.75, 3.05) is 19.6 Å². The Bertz CT molecular complexity index is 664. The van der Waals surface area contributed by atoms with Gasteiger partial charge in [-0.25, -0.2) is 14.2 Å². The molecule has 0 atom stereocenters. The second-order valence-electron chi connectivity index (χ2n) is 6.65. The lowest BCUT2D eigenvalue weighted by Crippen LogP contribution is -2.42. The van der Waals surface area contributed by atoms with Crippen molar-refractivity contribution in [3.05, 3.63) is 29.6 Å². The molecule has 0 aliphatic heterocycles. The van der Waals surface area contributed by atoms with Gasteiger partial charge in [0.15, 0.2) is 5.96 Å². The van der Waals surface area contributed by atoms with Gasteiger partial charge in [0.25, 0.3) is 0 Å². The summed E-state index contributed by atoms with van der Waals surface area (Å²) in [6.07, 6.45) is -0.545. The summed E-state index contributed by atoms with van der Waals surface area (Å²) in [5, 5.41) is 8.47. The summed E-state index contributed by atoms with van der Waals surface area (Å²) in [7, 11) is 0. The minimum Gasteiger partial charge on any atom is -0.444 e. The van der Waals surface area contributed by atoms with E-state index in [4.69, 9.17) is 4.74 Å². The predicted molar refractivity (Wildman–Crippen MR) is 100 cm³/mol. The van der Waals surface area contributed by atoms with Gasteiger partial charge in [0.2, 0.25) is 0 Å². The summed E-state index contributed by atoms with van der Waals surface area (Å²) in [5.41, 5.74) is -0.669. The molecule has 28 heavy (non-hydrogen) atoms. The van der Waals surface area contributed by atoms with Crippen LogP contribution < -0.4 is 20.7 Å². The molecule has 0 spiro atoms. The Balaban J connectivity index is 2.64. The third-order valence-electron chi connectivity index (χ3n) is 3.12. The number of halogens is 3. The standard InChI is InChI=1S/C18H27F3N4O3/c1-5-22-16(23-9-10-24-17(26)28-18(2,3)4)25-11-12-13(19)7-6-8-14(12)27-15(20)21/h6-8,15H,5,9-11H2,1-4H3,(H,24,26)(H2,22,23,25). The van der Waals surface area contributed by atoms with Gasteiger partial charge in [-0.2, -0.15) is 8.78 Å². The highest BCUT2D eigenvalue weighted by atomic mass is 19.3. The highest BCUT2D eigenvalue weighted by Gasteiger charge is 2.16. The Labute approximate surface area is 162 Å². The Morgan fingerprint density at radius 2 is 1.86 bits per heavy atom. The van der Waals surface area contributed by atoms with Crippen LogP contribution in [0.3, 0.4) is 0 Å². The molecule has 1 aromatic rings. The van der Waals surface area contributed by atoms with Gasteiger partial charge in [0, 0.05) is 19.6 Å². The molecular formula is C18H27F3N4O3. The van der Waals surface area contributed by atoms with Gasteiger partial charge in [-0.1, -0.05) is 6.07 Å². The van der Waals surface area contributed by atoms with Gasteiger partial charge in [-0.05, 0) is 39.8 Å². The van der Waals surface area contributed by atoms with E-state index in [9.17, 15) is 18.0 Å². The number of aliphatic imine (C=N–C) groups is 1. The summed E-state index contributed by atoms with van der Waals surface area (Å²) in [6, 6.07) is 3.69. The van der Waals surface area contributed by atoms with Crippen LogP contribution in [0.1, 0.15) is 33.3 Å². The summed E-state index contributed by atoms with van der Waals surface area (Å²) < 4.78 is 48.4. The van der Waals surface area contributed by atoms with Gasteiger partial charge < -0.3 is 25.4 Å². The third-order valence-corrected chi connectivity index (χ3v) is 3.12. The minimum absolute atomic E-state index is 0.0770. The molecule has 0 saturated carbocycles. The van der Waals surface area contributed by atoms with Gasteiger partial charge >= 0.3 is 12.7 Å². The molecule has 3 N–H and O–H groups in total. The third kappa shape index (κ3) is 9.33. The van der Waals surface area contributed by atoms with Crippen molar-refractivity contribution in [2.24, 2.45) is 4.99 Å². The van der Waals surface area contributed by atoms with E-state index in [0.29, 0.717) is 19.0 Å². The zero-order valence-electron chi connectivity index (χ0n) is 16.4. The molecule has 0 fully saturated rings. The Morgan fingerprint density at radius 1 is 1.18 bits per heavy atom. The number of hydrogen-bond acceptors (Lipinski definition) is 4. The van der Waals surface area contributed by atoms with Crippen LogP contribution in [0.5, 0.6) is 5.75 Å². The number of nitrogens with zero attached hydrogens (tertiary/aromatic N) is 1. The molecule has 0 aliphatic carbocycles. The van der Waals surface area contributed by atoms with E-state index in [0.717, 1.165) is 6.07 Å². The smallest absolute Gasteiger partial charge is 0.407 e. The molecule has 1 rings (SSSR count). The summed E-state index contributed by atoms with van der Waals surface area (Å²) in [4.78, 5) is 15.8. The van der Waals surface area contributed by atoms with E-state index < -0.39 is 24.1 Å². The highest BCUT2D eigenvalue weighted by molar-refractivity contribution is 5.79. The van der Waals surface area contributed by atoms with Crippen LogP contribution in [-0.2, 0) is 11.3 Å². The van der Waals surface area contributed by atoms with Crippen molar-refractivity contribution in [1.82, 2.24) is 16.0 Å². The number of guanidine groups is 1. The SMILES string of the molecule is CCNC(=NCc1c(F)cccc1OC(F)F)NCCNC(=O)OC(C)(C)C. The molecule has 1 aromatic carbocycles. The first-order valence-electron chi connectivity index (χ1n) is 8.83. The van der Waals surface area contributed by atoms with Crippen molar-refractivity contribution < 1.29 is 27.4 Å². The molecule has 158 valence electrons. The fourth-order valence-corrected chi connectivity index (χ4v) is 2.06. The number of rotatable bonds is 8. The zero-order chi connectivity index (χ0) is 21.2. The van der Waals surface area contributed by atoms with Crippen LogP contribution in [0.4, 0.5) is 18.0 Å². The Kier molecular flexibility index (Phi) is 9.40. The quantitative estimate of drug-likeness (QED) is 0.352. The maximum Gasteiger partial charge on any atom is 0.407 e. The lowest BCUT2D eigenvalue weighted by molar-refractivity contribution is -0.0506. The number of carbonyl (C=O) groups is 1. The topological polar surface area (TPSA) is 84.0 Å². The Morgan fingerprint density at radius 3 is 2.46 bits per heavy atom. The van der Waals surface area contributed by atoms with Gasteiger partial charge in [-0.3, -0.25) is 0 Å². The summed E-state index contributed by atoms with van der Waals surface area (Å²) in [6.45, 7) is 4.97. The molecule has 0 heterocycles. The van der Waals surface area contributed by atoms with E-state index >= 15 is 0 Å². The molecule has 10 heteroatoms. The molecule has 0 unspecified atom stereocenters. The van der Waals surface area contributed by atoms with Crippen LogP contribution in [0.2, 0.25) is 0 Å². The molecular weight excluding hydrogens is 377 g/mol. The van der Waals surface area contributed by atoms with Gasteiger partial charge in [0.1, 0.15) is 17.2 Å². The average molecular weight is 404 g/mol. The zero-order valence-corrected chi connectivity index (χ0v) is 16.4. The first-order valence-corrected chi connectivity index (χ1v) is 8.83. The number of benzene rings is 1. The average Bonchev–Trinajstić information content (AvgIpc) is 2.55. The molecule has 0 aliphatic rings. The van der Waals surface area contributed by atoms with E-state index in [1.807, 2.05) is 6.92 Å². The van der Waals surface area contributed by atoms with Crippen LogP contribution >= 0.6 is 0 Å². The summed E-state index contributed by atoms with van der Waals surface area (Å²) in [5.74, 6) is -0.620. The number of nitrogens with one attached hydrogen (secondary N) is 3. The molecule has 0 bridgehead atoms. The van der Waals surface area contributed by atoms with E-state index in [-0.39, 0.29) is 24.4 Å². The highest BCUT2D eigenvalue weighted by Crippen LogP contribution is 2.24. The molecule has 7 nitrogen and oxygen atoms in total. The first kappa shape index (κ1) is 23.4. The Hall–Kier alpha value is -2.65. The molecule has 0 aromatic heterocycles. The van der Waals surface area contributed by atoms with Crippen molar-refractivity contribution in [1.29, 1.82) is 0 Å².